The molecule has 0 radical (unpaired) electrons. The molecule has 1 N–H and O–H groups in total. The highest BCUT2D eigenvalue weighted by Crippen LogP contribution is 2.56. The Bertz CT molecular complexity index is 997. The fourth-order valence-corrected chi connectivity index (χ4v) is 4.40. The minimum atomic E-state index is -0.945. The molecule has 3 nitrogen and oxygen atoms in total. The molecule has 0 aromatic heterocycles. The number of nitrogens with zero attached hydrogens (tertiary/aromatic N) is 1. The summed E-state index contributed by atoms with van der Waals surface area (Å²) in [4.78, 5) is 13.6. The zero-order valence-electron chi connectivity index (χ0n) is 13.5. The SMILES string of the molecule is O=C1c2ccccc2C2(c3ccccc3)C=NNC12c1ccccc1. The van der Waals surface area contributed by atoms with Gasteiger partial charge >= 0.3 is 0 Å². The third-order valence-corrected chi connectivity index (χ3v) is 5.46. The van der Waals surface area contributed by atoms with Gasteiger partial charge in [-0.3, -0.25) is 10.2 Å². The zero-order valence-corrected chi connectivity index (χ0v) is 13.5. The van der Waals surface area contributed by atoms with Crippen LogP contribution in [0.2, 0.25) is 0 Å². The van der Waals surface area contributed by atoms with E-state index in [0.717, 1.165) is 22.3 Å². The van der Waals surface area contributed by atoms with E-state index in [0.29, 0.717) is 0 Å². The molecule has 1 heterocycles. The van der Waals surface area contributed by atoms with Crippen molar-refractivity contribution < 1.29 is 4.79 Å². The van der Waals surface area contributed by atoms with Crippen LogP contribution in [0.25, 0.3) is 0 Å². The predicted octanol–water partition coefficient (Wildman–Crippen LogP) is 3.65. The number of fused-ring (bicyclic) bond motifs is 3. The molecule has 2 atom stereocenters. The first-order chi connectivity index (χ1) is 12.3. The lowest BCUT2D eigenvalue weighted by Gasteiger charge is -2.38. The van der Waals surface area contributed by atoms with Gasteiger partial charge in [0.2, 0.25) is 0 Å². The molecule has 3 aromatic rings. The molecule has 0 bridgehead atoms. The Morgan fingerprint density at radius 2 is 1.32 bits per heavy atom. The number of rotatable bonds is 2. The summed E-state index contributed by atoms with van der Waals surface area (Å²) in [6, 6.07) is 28.0. The molecule has 0 saturated heterocycles. The van der Waals surface area contributed by atoms with Crippen molar-refractivity contribution in [3.8, 4) is 0 Å². The van der Waals surface area contributed by atoms with Gasteiger partial charge in [-0.15, -0.1) is 0 Å². The topological polar surface area (TPSA) is 41.5 Å². The van der Waals surface area contributed by atoms with Crippen LogP contribution in [0.4, 0.5) is 0 Å². The van der Waals surface area contributed by atoms with Crippen LogP contribution in [0.5, 0.6) is 0 Å². The molecule has 1 aliphatic heterocycles. The predicted molar refractivity (Wildman–Crippen MR) is 97.7 cm³/mol. The van der Waals surface area contributed by atoms with Gasteiger partial charge in [0.1, 0.15) is 0 Å². The highest BCUT2D eigenvalue weighted by atomic mass is 16.1. The second kappa shape index (κ2) is 4.90. The molecule has 0 spiro atoms. The second-order valence-electron chi connectivity index (χ2n) is 6.53. The zero-order chi connectivity index (χ0) is 16.9. The van der Waals surface area contributed by atoms with Crippen molar-refractivity contribution in [1.29, 1.82) is 0 Å². The summed E-state index contributed by atoms with van der Waals surface area (Å²) in [5.41, 5.74) is 5.36. The number of nitrogens with one attached hydrogen (secondary N) is 1. The lowest BCUT2D eigenvalue weighted by atomic mass is 9.63. The average molecular weight is 324 g/mol. The third kappa shape index (κ3) is 1.55. The van der Waals surface area contributed by atoms with Crippen LogP contribution in [0.15, 0.2) is 90.0 Å². The van der Waals surface area contributed by atoms with Crippen LogP contribution >= 0.6 is 0 Å². The molecule has 1 aliphatic carbocycles. The number of hydrogen-bond acceptors (Lipinski definition) is 3. The van der Waals surface area contributed by atoms with Crippen molar-refractivity contribution in [1.82, 2.24) is 5.43 Å². The Balaban J connectivity index is 1.92. The number of hydrogen-bond donors (Lipinski definition) is 1. The minimum Gasteiger partial charge on any atom is -0.291 e. The molecule has 0 saturated carbocycles. The van der Waals surface area contributed by atoms with E-state index in [1.54, 1.807) is 0 Å². The summed E-state index contributed by atoms with van der Waals surface area (Å²) < 4.78 is 0. The fourth-order valence-electron chi connectivity index (χ4n) is 4.40. The van der Waals surface area contributed by atoms with Gasteiger partial charge < -0.3 is 0 Å². The molecule has 2 unspecified atom stereocenters. The Kier molecular flexibility index (Phi) is 2.78. The van der Waals surface area contributed by atoms with Crippen molar-refractivity contribution in [2.45, 2.75) is 11.0 Å². The van der Waals surface area contributed by atoms with E-state index in [9.17, 15) is 4.79 Å². The van der Waals surface area contributed by atoms with Gasteiger partial charge in [-0.05, 0) is 16.7 Å². The Labute approximate surface area is 146 Å². The minimum absolute atomic E-state index is 0.0654. The summed E-state index contributed by atoms with van der Waals surface area (Å²) in [6.45, 7) is 0. The standard InChI is InChI=1S/C22H16N2O/c25-20-18-13-7-8-14-19(18)21(16-9-3-1-4-10-16)15-23-24-22(20,21)17-11-5-2-6-12-17/h1-15,24H. The van der Waals surface area contributed by atoms with E-state index < -0.39 is 11.0 Å². The van der Waals surface area contributed by atoms with E-state index in [-0.39, 0.29) is 5.78 Å². The highest BCUT2D eigenvalue weighted by Gasteiger charge is 2.66. The van der Waals surface area contributed by atoms with E-state index in [1.807, 2.05) is 79.0 Å². The summed E-state index contributed by atoms with van der Waals surface area (Å²) in [6.07, 6.45) is 1.90. The molecular formula is C22H16N2O. The second-order valence-corrected chi connectivity index (χ2v) is 6.53. The molecule has 5 rings (SSSR count). The van der Waals surface area contributed by atoms with E-state index in [4.69, 9.17) is 0 Å². The number of Topliss-reactive ketones (excluding diaryl/α,β-unsaturated/α-hetero) is 1. The van der Waals surface area contributed by atoms with Crippen LogP contribution in [0.3, 0.4) is 0 Å². The summed E-state index contributed by atoms with van der Waals surface area (Å²) in [7, 11) is 0. The normalized spacial score (nSPS) is 26.2. The van der Waals surface area contributed by atoms with Crippen molar-refractivity contribution in [2.75, 3.05) is 0 Å². The van der Waals surface area contributed by atoms with Crippen LogP contribution in [-0.2, 0) is 11.0 Å². The molecule has 25 heavy (non-hydrogen) atoms. The molecular weight excluding hydrogens is 308 g/mol. The van der Waals surface area contributed by atoms with Gasteiger partial charge in [0.15, 0.2) is 11.3 Å². The maximum atomic E-state index is 13.6. The maximum absolute atomic E-state index is 13.6. The van der Waals surface area contributed by atoms with Gasteiger partial charge in [0.25, 0.3) is 0 Å². The van der Waals surface area contributed by atoms with Gasteiger partial charge in [-0.1, -0.05) is 84.9 Å². The highest BCUT2D eigenvalue weighted by molar-refractivity contribution is 6.16. The number of carbonyl (C=O) groups excluding carboxylic acids is 1. The number of carbonyl (C=O) groups is 1. The molecule has 3 aromatic carbocycles. The lowest BCUT2D eigenvalue weighted by Crippen LogP contribution is -2.54. The molecule has 0 amide bonds. The van der Waals surface area contributed by atoms with E-state index in [1.165, 1.54) is 0 Å². The van der Waals surface area contributed by atoms with Crippen molar-refractivity contribution in [2.24, 2.45) is 5.10 Å². The first-order valence-corrected chi connectivity index (χ1v) is 8.37. The largest absolute Gasteiger partial charge is 0.291 e. The summed E-state index contributed by atoms with van der Waals surface area (Å²) in [5.74, 6) is 0.0654. The van der Waals surface area contributed by atoms with Crippen LogP contribution in [0, 0.1) is 0 Å². The van der Waals surface area contributed by atoms with E-state index >= 15 is 0 Å². The first-order valence-electron chi connectivity index (χ1n) is 8.37. The average Bonchev–Trinajstić information content (AvgIpc) is 3.19. The van der Waals surface area contributed by atoms with Crippen LogP contribution in [0.1, 0.15) is 27.0 Å². The Hall–Kier alpha value is -3.20. The van der Waals surface area contributed by atoms with Crippen molar-refractivity contribution in [3.05, 3.63) is 107 Å². The smallest absolute Gasteiger partial charge is 0.196 e. The van der Waals surface area contributed by atoms with Gasteiger partial charge in [-0.25, -0.2) is 0 Å². The van der Waals surface area contributed by atoms with Gasteiger partial charge in [0.05, 0.1) is 5.41 Å². The lowest BCUT2D eigenvalue weighted by molar-refractivity contribution is 0.0851. The van der Waals surface area contributed by atoms with Crippen molar-refractivity contribution in [3.63, 3.8) is 0 Å². The molecule has 2 aliphatic rings. The fraction of sp³-hybridized carbons (Fsp3) is 0.0909. The number of hydrazone groups is 1. The monoisotopic (exact) mass is 324 g/mol. The number of benzene rings is 3. The van der Waals surface area contributed by atoms with Gasteiger partial charge in [-0.2, -0.15) is 5.10 Å². The van der Waals surface area contributed by atoms with E-state index in [2.05, 4.69) is 22.7 Å². The Morgan fingerprint density at radius 3 is 2.04 bits per heavy atom. The molecule has 0 fully saturated rings. The molecule has 3 heteroatoms. The van der Waals surface area contributed by atoms with Gasteiger partial charge in [0, 0.05) is 11.8 Å². The van der Waals surface area contributed by atoms with Crippen molar-refractivity contribution >= 4 is 12.0 Å². The first kappa shape index (κ1) is 14.2. The number of ketones is 1. The molecule has 120 valence electrons. The summed E-state index contributed by atoms with van der Waals surface area (Å²) in [5, 5.41) is 4.42. The Morgan fingerprint density at radius 1 is 0.720 bits per heavy atom. The van der Waals surface area contributed by atoms with Crippen LogP contribution < -0.4 is 5.43 Å². The van der Waals surface area contributed by atoms with Crippen LogP contribution in [-0.4, -0.2) is 12.0 Å². The third-order valence-electron chi connectivity index (χ3n) is 5.46. The quantitative estimate of drug-likeness (QED) is 0.782. The summed E-state index contributed by atoms with van der Waals surface area (Å²) >= 11 is 0. The maximum Gasteiger partial charge on any atom is 0.196 e.